The number of ether oxygens (including phenoxy) is 2. The van der Waals surface area contributed by atoms with Gasteiger partial charge in [-0.2, -0.15) is 8.61 Å². The molecule has 4 heterocycles. The maximum Gasteiger partial charge on any atom is 0.252 e. The van der Waals surface area contributed by atoms with Gasteiger partial charge in [0.25, 0.3) is 20.0 Å². The van der Waals surface area contributed by atoms with Gasteiger partial charge in [-0.15, -0.1) is 22.7 Å². The summed E-state index contributed by atoms with van der Waals surface area (Å²) in [5, 5.41) is 5.88. The first-order valence-electron chi connectivity index (χ1n) is 16.3. The summed E-state index contributed by atoms with van der Waals surface area (Å²) in [7, 11) is -4.31. The molecule has 0 bridgehead atoms. The summed E-state index contributed by atoms with van der Waals surface area (Å²) in [6.45, 7) is 0.889. The number of benzene rings is 2. The molecule has 2 aromatic heterocycles. The third kappa shape index (κ3) is 8.29. The number of carbonyl (C=O) groups excluding carboxylic acids is 2. The maximum absolute atomic E-state index is 13.2. The van der Waals surface area contributed by atoms with Crippen molar-refractivity contribution in [3.63, 3.8) is 0 Å². The Morgan fingerprint density at radius 1 is 0.635 bits per heavy atom. The van der Waals surface area contributed by atoms with Crippen molar-refractivity contribution >= 4 is 89.1 Å². The summed E-state index contributed by atoms with van der Waals surface area (Å²) in [4.78, 5) is 26.5. The van der Waals surface area contributed by atoms with Crippen molar-refractivity contribution in [1.82, 2.24) is 8.61 Å². The number of carbonyl (C=O) groups is 2. The number of halogens is 2. The molecule has 0 unspecified atom stereocenters. The van der Waals surface area contributed by atoms with E-state index in [1.165, 1.54) is 35.0 Å². The molecule has 4 aromatic rings. The maximum atomic E-state index is 13.2. The van der Waals surface area contributed by atoms with Gasteiger partial charge in [0.1, 0.15) is 19.9 Å². The number of methoxy groups -OCH3 is 2. The van der Waals surface area contributed by atoms with Crippen molar-refractivity contribution in [1.29, 1.82) is 0 Å². The molecule has 2 N–H and O–H groups in total. The van der Waals surface area contributed by atoms with Crippen LogP contribution in [0.3, 0.4) is 0 Å². The second-order valence-electron chi connectivity index (χ2n) is 12.3. The van der Waals surface area contributed by atoms with Crippen LogP contribution in [0.4, 0.5) is 11.4 Å². The molecule has 2 saturated heterocycles. The minimum Gasteiger partial charge on any atom is -0.495 e. The number of anilines is 2. The SMILES string of the molecule is COc1cc(-c2ccc(NC(=O)C3CCN(S(=O)(=O)c4ccc(Cl)s4)CC3)c(OC)c2)ccc1NC(=O)C1CCN(S(=O)(=O)c2ccc(Cl)s2)CC1. The summed E-state index contributed by atoms with van der Waals surface area (Å²) in [5.74, 6) is -0.311. The summed E-state index contributed by atoms with van der Waals surface area (Å²) < 4.78 is 67.0. The van der Waals surface area contributed by atoms with E-state index in [1.807, 2.05) is 12.1 Å². The van der Waals surface area contributed by atoms with Gasteiger partial charge in [-0.1, -0.05) is 35.3 Å². The van der Waals surface area contributed by atoms with Crippen molar-refractivity contribution in [2.75, 3.05) is 51.0 Å². The molecule has 18 heteroatoms. The Kier molecular flexibility index (Phi) is 11.9. The molecule has 0 atom stereocenters. The molecule has 0 radical (unpaired) electrons. The third-order valence-electron chi connectivity index (χ3n) is 9.19. The molecule has 278 valence electrons. The van der Waals surface area contributed by atoms with Crippen LogP contribution in [0.15, 0.2) is 69.1 Å². The monoisotopic (exact) mass is 826 g/mol. The van der Waals surface area contributed by atoms with Gasteiger partial charge >= 0.3 is 0 Å². The second kappa shape index (κ2) is 16.0. The van der Waals surface area contributed by atoms with Crippen LogP contribution in [0.5, 0.6) is 11.5 Å². The molecule has 6 rings (SSSR count). The van der Waals surface area contributed by atoms with Gasteiger partial charge in [0.2, 0.25) is 11.8 Å². The van der Waals surface area contributed by atoms with E-state index in [0.717, 1.165) is 33.8 Å². The van der Waals surface area contributed by atoms with Gasteiger partial charge in [0.05, 0.1) is 34.3 Å². The average Bonchev–Trinajstić information content (AvgIpc) is 3.81. The molecule has 2 amide bonds. The molecule has 0 aliphatic carbocycles. The van der Waals surface area contributed by atoms with E-state index in [9.17, 15) is 26.4 Å². The van der Waals surface area contributed by atoms with Crippen molar-refractivity contribution < 1.29 is 35.9 Å². The lowest BCUT2D eigenvalue weighted by molar-refractivity contribution is -0.121. The van der Waals surface area contributed by atoms with Gasteiger partial charge in [-0.3, -0.25) is 9.59 Å². The van der Waals surface area contributed by atoms with Crippen molar-refractivity contribution in [2.24, 2.45) is 11.8 Å². The number of sulfonamides is 2. The Hall–Kier alpha value is -3.22. The molecule has 52 heavy (non-hydrogen) atoms. The van der Waals surface area contributed by atoms with E-state index in [1.54, 1.807) is 36.4 Å². The smallest absolute Gasteiger partial charge is 0.252 e. The van der Waals surface area contributed by atoms with Gasteiger partial charge in [0, 0.05) is 38.0 Å². The fraction of sp³-hybridized carbons (Fsp3) is 0.353. The highest BCUT2D eigenvalue weighted by molar-refractivity contribution is 7.91. The zero-order chi connectivity index (χ0) is 37.2. The largest absolute Gasteiger partial charge is 0.495 e. The normalized spacial score (nSPS) is 16.8. The van der Waals surface area contributed by atoms with Crippen LogP contribution >= 0.6 is 45.9 Å². The van der Waals surface area contributed by atoms with Crippen LogP contribution in [0, 0.1) is 11.8 Å². The highest BCUT2D eigenvalue weighted by atomic mass is 35.5. The fourth-order valence-corrected chi connectivity index (χ4v) is 12.5. The first-order chi connectivity index (χ1) is 24.8. The minimum atomic E-state index is -3.66. The van der Waals surface area contributed by atoms with Crippen molar-refractivity contribution in [3.05, 3.63) is 69.3 Å². The molecule has 2 aliphatic heterocycles. The molecular formula is C34H36Cl2N4O8S4. The zero-order valence-corrected chi connectivity index (χ0v) is 32.9. The van der Waals surface area contributed by atoms with Crippen LogP contribution in [0.2, 0.25) is 8.67 Å². The van der Waals surface area contributed by atoms with E-state index in [2.05, 4.69) is 10.6 Å². The molecule has 12 nitrogen and oxygen atoms in total. The third-order valence-corrected chi connectivity index (χ3v) is 16.4. The number of hydrogen-bond donors (Lipinski definition) is 2. The number of amides is 2. The zero-order valence-electron chi connectivity index (χ0n) is 28.1. The standard InChI is InChI=1S/C34H36Cl2N4O8S4/c1-47-27-19-23(3-5-25(27)37-33(41)21-11-15-39(16-12-21)51(43,44)31-9-7-29(35)49-31)24-4-6-26(28(20-24)48-2)38-34(42)22-13-17-40(18-14-22)52(45,46)32-10-8-30(36)50-32/h3-10,19-22H,11-18H2,1-2H3,(H,37,41)(H,38,42). The number of hydrogen-bond acceptors (Lipinski definition) is 10. The summed E-state index contributed by atoms with van der Waals surface area (Å²) in [5.41, 5.74) is 2.51. The van der Waals surface area contributed by atoms with Crippen LogP contribution in [0.25, 0.3) is 11.1 Å². The molecule has 2 aliphatic rings. The van der Waals surface area contributed by atoms with Gasteiger partial charge in [-0.25, -0.2) is 16.8 Å². The van der Waals surface area contributed by atoms with Crippen molar-refractivity contribution in [2.45, 2.75) is 34.1 Å². The van der Waals surface area contributed by atoms with Gasteiger partial charge in [-0.05, 0) is 85.3 Å². The van der Waals surface area contributed by atoms with Gasteiger partial charge in [0.15, 0.2) is 0 Å². The highest BCUT2D eigenvalue weighted by Crippen LogP contribution is 2.37. The predicted molar refractivity (Wildman–Crippen MR) is 204 cm³/mol. The topological polar surface area (TPSA) is 151 Å². The Morgan fingerprint density at radius 3 is 1.31 bits per heavy atom. The lowest BCUT2D eigenvalue weighted by Gasteiger charge is -2.30. The molecule has 0 spiro atoms. The quantitative estimate of drug-likeness (QED) is 0.166. The van der Waals surface area contributed by atoms with Crippen LogP contribution in [-0.2, 0) is 29.6 Å². The first-order valence-corrected chi connectivity index (χ1v) is 21.6. The summed E-state index contributed by atoms with van der Waals surface area (Å²) >= 11 is 13.9. The number of nitrogens with zero attached hydrogens (tertiary/aromatic N) is 2. The Labute approximate surface area is 320 Å². The van der Waals surface area contributed by atoms with E-state index >= 15 is 0 Å². The minimum absolute atomic E-state index is 0.187. The summed E-state index contributed by atoms with van der Waals surface area (Å²) in [6.07, 6.45) is 1.50. The highest BCUT2D eigenvalue weighted by Gasteiger charge is 2.34. The number of piperidine rings is 2. The predicted octanol–water partition coefficient (Wildman–Crippen LogP) is 6.88. The fourth-order valence-electron chi connectivity index (χ4n) is 6.26. The van der Waals surface area contributed by atoms with Crippen molar-refractivity contribution in [3.8, 4) is 22.6 Å². The number of thiophene rings is 2. The Balaban J connectivity index is 1.06. The first kappa shape index (κ1) is 38.5. The van der Waals surface area contributed by atoms with E-state index in [4.69, 9.17) is 32.7 Å². The molecule has 2 fully saturated rings. The average molecular weight is 828 g/mol. The lowest BCUT2D eigenvalue weighted by Crippen LogP contribution is -2.41. The number of rotatable bonds is 11. The molecule has 0 saturated carbocycles. The van der Waals surface area contributed by atoms with E-state index in [-0.39, 0.29) is 58.2 Å². The Morgan fingerprint density at radius 2 is 1.00 bits per heavy atom. The lowest BCUT2D eigenvalue weighted by atomic mass is 9.96. The summed E-state index contributed by atoms with van der Waals surface area (Å²) in [6, 6.07) is 16.8. The Bertz CT molecular complexity index is 2020. The van der Waals surface area contributed by atoms with Crippen LogP contribution in [0.1, 0.15) is 25.7 Å². The second-order valence-corrected chi connectivity index (χ2v) is 20.0. The number of nitrogens with one attached hydrogen (secondary N) is 2. The van der Waals surface area contributed by atoms with E-state index < -0.39 is 20.0 Å². The van der Waals surface area contributed by atoms with Crippen LogP contribution in [-0.4, -0.2) is 77.7 Å². The molecule has 2 aromatic carbocycles. The molecular weight excluding hydrogens is 792 g/mol. The van der Waals surface area contributed by atoms with Gasteiger partial charge < -0.3 is 20.1 Å². The van der Waals surface area contributed by atoms with E-state index in [0.29, 0.717) is 57.2 Å². The van der Waals surface area contributed by atoms with Crippen LogP contribution < -0.4 is 20.1 Å².